The van der Waals surface area contributed by atoms with Gasteiger partial charge in [-0.1, -0.05) is 18.2 Å². The smallest absolute Gasteiger partial charge is 0.244 e. The zero-order valence-electron chi connectivity index (χ0n) is 15.3. The van der Waals surface area contributed by atoms with Crippen molar-refractivity contribution in [1.82, 2.24) is 24.9 Å². The third-order valence-corrected chi connectivity index (χ3v) is 4.34. The molecule has 0 saturated carbocycles. The first-order chi connectivity index (χ1) is 12.5. The first-order valence-electron chi connectivity index (χ1n) is 8.59. The van der Waals surface area contributed by atoms with Gasteiger partial charge in [0.15, 0.2) is 0 Å². The molecule has 1 N–H and O–H groups in total. The molecule has 0 spiro atoms. The highest BCUT2D eigenvalue weighted by Crippen LogP contribution is 2.13. The van der Waals surface area contributed by atoms with Gasteiger partial charge in [-0.25, -0.2) is 4.68 Å². The predicted octanol–water partition coefficient (Wildman–Crippen LogP) is 2.59. The van der Waals surface area contributed by atoms with E-state index in [1.807, 2.05) is 79.1 Å². The van der Waals surface area contributed by atoms with Gasteiger partial charge in [0.05, 0.1) is 17.6 Å². The van der Waals surface area contributed by atoms with Crippen LogP contribution in [0.2, 0.25) is 0 Å². The van der Waals surface area contributed by atoms with Gasteiger partial charge in [-0.3, -0.25) is 9.48 Å². The highest BCUT2D eigenvalue weighted by molar-refractivity contribution is 5.92. The zero-order valence-corrected chi connectivity index (χ0v) is 15.3. The predicted molar refractivity (Wildman–Crippen MR) is 102 cm³/mol. The van der Waals surface area contributed by atoms with Crippen LogP contribution in [-0.4, -0.2) is 32.0 Å². The van der Waals surface area contributed by atoms with Gasteiger partial charge in [-0.05, 0) is 44.0 Å². The van der Waals surface area contributed by atoms with E-state index in [2.05, 4.69) is 15.5 Å². The van der Waals surface area contributed by atoms with E-state index in [1.54, 1.807) is 6.08 Å². The largest absolute Gasteiger partial charge is 0.352 e. The summed E-state index contributed by atoms with van der Waals surface area (Å²) in [4.78, 5) is 12.0. The molecule has 3 aromatic rings. The molecule has 0 bridgehead atoms. The number of carbonyl (C=O) groups excluding carboxylic acids is 1. The standard InChI is InChI=1S/C20H23N5O/c1-15-19(16(2)24(3)23-15)9-10-20(26)21-12-11-17-13-22-25(14-17)18-7-5-4-6-8-18/h4-10,13-14H,11-12H2,1-3H3,(H,21,26)/b10-9+. The Hall–Kier alpha value is -3.15. The number of aromatic nitrogens is 4. The van der Waals surface area contributed by atoms with E-state index in [-0.39, 0.29) is 5.91 Å². The topological polar surface area (TPSA) is 64.7 Å². The minimum atomic E-state index is -0.108. The average Bonchev–Trinajstić information content (AvgIpc) is 3.20. The van der Waals surface area contributed by atoms with Crippen LogP contribution in [0.1, 0.15) is 22.5 Å². The normalized spacial score (nSPS) is 11.2. The lowest BCUT2D eigenvalue weighted by molar-refractivity contribution is -0.116. The molecule has 3 rings (SSSR count). The van der Waals surface area contributed by atoms with Crippen molar-refractivity contribution in [2.45, 2.75) is 20.3 Å². The number of hydrogen-bond donors (Lipinski definition) is 1. The Bertz CT molecular complexity index is 921. The van der Waals surface area contributed by atoms with Crippen molar-refractivity contribution in [1.29, 1.82) is 0 Å². The molecule has 2 aromatic heterocycles. The Labute approximate surface area is 153 Å². The maximum atomic E-state index is 12.0. The van der Waals surface area contributed by atoms with Gasteiger partial charge in [0, 0.05) is 37.1 Å². The molecule has 0 atom stereocenters. The average molecular weight is 349 g/mol. The van der Waals surface area contributed by atoms with Gasteiger partial charge in [0.1, 0.15) is 0 Å². The monoisotopic (exact) mass is 349 g/mol. The summed E-state index contributed by atoms with van der Waals surface area (Å²) >= 11 is 0. The van der Waals surface area contributed by atoms with Crippen molar-refractivity contribution < 1.29 is 4.79 Å². The van der Waals surface area contributed by atoms with Gasteiger partial charge in [0.2, 0.25) is 5.91 Å². The number of amides is 1. The van der Waals surface area contributed by atoms with Crippen LogP contribution in [-0.2, 0) is 18.3 Å². The fraction of sp³-hybridized carbons (Fsp3) is 0.250. The van der Waals surface area contributed by atoms with Crippen molar-refractivity contribution in [3.63, 3.8) is 0 Å². The van der Waals surface area contributed by atoms with E-state index in [0.29, 0.717) is 6.54 Å². The summed E-state index contributed by atoms with van der Waals surface area (Å²) in [5.41, 5.74) is 5.05. The van der Waals surface area contributed by atoms with E-state index in [4.69, 9.17) is 0 Å². The Morgan fingerprint density at radius 3 is 2.69 bits per heavy atom. The summed E-state index contributed by atoms with van der Waals surface area (Å²) in [5.74, 6) is -0.108. The first kappa shape index (κ1) is 17.7. The fourth-order valence-corrected chi connectivity index (χ4v) is 2.79. The number of nitrogens with one attached hydrogen (secondary N) is 1. The van der Waals surface area contributed by atoms with Crippen LogP contribution >= 0.6 is 0 Å². The van der Waals surface area contributed by atoms with Crippen molar-refractivity contribution in [2.75, 3.05) is 6.54 Å². The molecule has 6 heteroatoms. The van der Waals surface area contributed by atoms with E-state index in [1.165, 1.54) is 0 Å². The van der Waals surface area contributed by atoms with Crippen molar-refractivity contribution >= 4 is 12.0 Å². The molecular formula is C20H23N5O. The Kier molecular flexibility index (Phi) is 5.31. The number of nitrogens with zero attached hydrogens (tertiary/aromatic N) is 4. The summed E-state index contributed by atoms with van der Waals surface area (Å²) in [6, 6.07) is 9.95. The number of para-hydroxylation sites is 1. The summed E-state index contributed by atoms with van der Waals surface area (Å²) in [5, 5.41) is 11.6. The third-order valence-electron chi connectivity index (χ3n) is 4.34. The van der Waals surface area contributed by atoms with Crippen LogP contribution in [0.3, 0.4) is 0 Å². The Morgan fingerprint density at radius 1 is 1.23 bits per heavy atom. The molecule has 0 aliphatic carbocycles. The maximum absolute atomic E-state index is 12.0. The number of aryl methyl sites for hydroxylation is 2. The molecule has 1 amide bonds. The molecular weight excluding hydrogens is 326 g/mol. The van der Waals surface area contributed by atoms with E-state index in [0.717, 1.165) is 34.6 Å². The quantitative estimate of drug-likeness (QED) is 0.696. The molecule has 0 aliphatic rings. The SMILES string of the molecule is Cc1nn(C)c(C)c1/C=C/C(=O)NCCc1cnn(-c2ccccc2)c1. The second-order valence-corrected chi connectivity index (χ2v) is 6.21. The van der Waals surface area contributed by atoms with Gasteiger partial charge < -0.3 is 5.32 Å². The zero-order chi connectivity index (χ0) is 18.5. The lowest BCUT2D eigenvalue weighted by atomic mass is 10.2. The molecule has 6 nitrogen and oxygen atoms in total. The molecule has 0 radical (unpaired) electrons. The summed E-state index contributed by atoms with van der Waals surface area (Å²) in [7, 11) is 1.90. The number of hydrogen-bond acceptors (Lipinski definition) is 3. The van der Waals surface area contributed by atoms with Crippen LogP contribution in [0, 0.1) is 13.8 Å². The number of rotatable bonds is 6. The molecule has 1 aromatic carbocycles. The molecule has 0 saturated heterocycles. The van der Waals surface area contributed by atoms with Gasteiger partial charge in [-0.2, -0.15) is 10.2 Å². The highest BCUT2D eigenvalue weighted by Gasteiger charge is 2.06. The van der Waals surface area contributed by atoms with E-state index in [9.17, 15) is 4.79 Å². The number of benzene rings is 1. The Morgan fingerprint density at radius 2 is 2.00 bits per heavy atom. The molecule has 134 valence electrons. The Balaban J connectivity index is 1.51. The van der Waals surface area contributed by atoms with Crippen LogP contribution in [0.4, 0.5) is 0 Å². The van der Waals surface area contributed by atoms with Crippen LogP contribution in [0.25, 0.3) is 11.8 Å². The molecule has 0 fully saturated rings. The van der Waals surface area contributed by atoms with Gasteiger partial charge >= 0.3 is 0 Å². The third kappa shape index (κ3) is 4.08. The van der Waals surface area contributed by atoms with Crippen LogP contribution in [0.5, 0.6) is 0 Å². The highest BCUT2D eigenvalue weighted by atomic mass is 16.1. The molecule has 0 aliphatic heterocycles. The molecule has 2 heterocycles. The van der Waals surface area contributed by atoms with Crippen LogP contribution in [0.15, 0.2) is 48.8 Å². The second-order valence-electron chi connectivity index (χ2n) is 6.21. The minimum absolute atomic E-state index is 0.108. The minimum Gasteiger partial charge on any atom is -0.352 e. The van der Waals surface area contributed by atoms with Crippen LogP contribution < -0.4 is 5.32 Å². The number of carbonyl (C=O) groups is 1. The summed E-state index contributed by atoms with van der Waals surface area (Å²) in [6.07, 6.45) is 7.93. The van der Waals surface area contributed by atoms with E-state index >= 15 is 0 Å². The van der Waals surface area contributed by atoms with Crippen molar-refractivity contribution in [2.24, 2.45) is 7.05 Å². The fourth-order valence-electron chi connectivity index (χ4n) is 2.79. The van der Waals surface area contributed by atoms with Gasteiger partial charge in [-0.15, -0.1) is 0 Å². The van der Waals surface area contributed by atoms with E-state index < -0.39 is 0 Å². The lowest BCUT2D eigenvalue weighted by Gasteiger charge is -2.01. The lowest BCUT2D eigenvalue weighted by Crippen LogP contribution is -2.23. The maximum Gasteiger partial charge on any atom is 0.244 e. The summed E-state index contributed by atoms with van der Waals surface area (Å²) < 4.78 is 3.66. The van der Waals surface area contributed by atoms with Crippen molar-refractivity contribution in [3.8, 4) is 5.69 Å². The van der Waals surface area contributed by atoms with Crippen molar-refractivity contribution in [3.05, 3.63) is 71.3 Å². The molecule has 26 heavy (non-hydrogen) atoms. The first-order valence-corrected chi connectivity index (χ1v) is 8.59. The second kappa shape index (κ2) is 7.82. The summed E-state index contributed by atoms with van der Waals surface area (Å²) in [6.45, 7) is 4.49. The van der Waals surface area contributed by atoms with Gasteiger partial charge in [0.25, 0.3) is 0 Å². The molecule has 0 unspecified atom stereocenters.